The van der Waals surface area contributed by atoms with Gasteiger partial charge in [-0.25, -0.2) is 13.4 Å². The van der Waals surface area contributed by atoms with Crippen LogP contribution in [0.4, 0.5) is 0 Å². The molecule has 3 heterocycles. The second-order valence-electron chi connectivity index (χ2n) is 7.21. The molecule has 2 aromatic heterocycles. The van der Waals surface area contributed by atoms with E-state index in [1.54, 1.807) is 39.9 Å². The summed E-state index contributed by atoms with van der Waals surface area (Å²) in [7, 11) is -1.71. The largest absolute Gasteiger partial charge is 0.336 e. The van der Waals surface area contributed by atoms with E-state index in [9.17, 15) is 13.2 Å². The molecule has 4 rings (SSSR count). The highest BCUT2D eigenvalue weighted by atomic mass is 32.2. The molecule has 152 valence electrons. The summed E-state index contributed by atoms with van der Waals surface area (Å²) in [5.41, 5.74) is 2.75. The van der Waals surface area contributed by atoms with Crippen LogP contribution in [0.5, 0.6) is 0 Å². The predicted octanol–water partition coefficient (Wildman–Crippen LogP) is 1.73. The number of fused-ring (bicyclic) bond motifs is 1. The van der Waals surface area contributed by atoms with Crippen molar-refractivity contribution in [3.8, 4) is 0 Å². The van der Waals surface area contributed by atoms with Gasteiger partial charge in [-0.3, -0.25) is 9.48 Å². The summed E-state index contributed by atoms with van der Waals surface area (Å²) in [6, 6.07) is 10.2. The Hall–Kier alpha value is -2.78. The van der Waals surface area contributed by atoms with E-state index in [0.29, 0.717) is 24.3 Å². The number of carbonyl (C=O) groups is 1. The lowest BCUT2D eigenvalue weighted by atomic mass is 10.1. The Balaban J connectivity index is 1.53. The van der Waals surface area contributed by atoms with Crippen molar-refractivity contribution < 1.29 is 13.2 Å². The molecule has 1 amide bonds. The van der Waals surface area contributed by atoms with Crippen LogP contribution in [0.1, 0.15) is 21.7 Å². The molecule has 0 bridgehead atoms. The summed E-state index contributed by atoms with van der Waals surface area (Å²) in [6.45, 7) is 4.92. The monoisotopic (exact) mass is 413 g/mol. The molecule has 3 aromatic rings. The molecule has 0 saturated carbocycles. The maximum atomic E-state index is 13.1. The molecular formula is C20H23N5O3S. The third-order valence-corrected chi connectivity index (χ3v) is 7.24. The number of aromatic nitrogens is 3. The van der Waals surface area contributed by atoms with Crippen LogP contribution < -0.4 is 0 Å². The van der Waals surface area contributed by atoms with E-state index in [0.717, 1.165) is 16.7 Å². The van der Waals surface area contributed by atoms with Crippen LogP contribution in [-0.2, 0) is 17.1 Å². The van der Waals surface area contributed by atoms with Gasteiger partial charge in [0.1, 0.15) is 0 Å². The van der Waals surface area contributed by atoms with Crippen molar-refractivity contribution in [3.05, 3.63) is 53.3 Å². The number of hydrogen-bond donors (Lipinski definition) is 0. The normalized spacial score (nSPS) is 15.8. The number of benzene rings is 1. The highest BCUT2D eigenvalue weighted by Gasteiger charge is 2.31. The van der Waals surface area contributed by atoms with E-state index in [-0.39, 0.29) is 23.9 Å². The van der Waals surface area contributed by atoms with Crippen LogP contribution in [0.2, 0.25) is 0 Å². The second-order valence-corrected chi connectivity index (χ2v) is 9.15. The molecule has 8 nitrogen and oxygen atoms in total. The van der Waals surface area contributed by atoms with Gasteiger partial charge in [0.2, 0.25) is 10.0 Å². The average Bonchev–Trinajstić information content (AvgIpc) is 3.00. The zero-order valence-corrected chi connectivity index (χ0v) is 17.5. The third-order valence-electron chi connectivity index (χ3n) is 5.33. The lowest BCUT2D eigenvalue weighted by Crippen LogP contribution is -2.50. The number of sulfonamides is 1. The first-order valence-electron chi connectivity index (χ1n) is 9.44. The summed E-state index contributed by atoms with van der Waals surface area (Å²) in [4.78, 5) is 19.6. The summed E-state index contributed by atoms with van der Waals surface area (Å²) >= 11 is 0. The Morgan fingerprint density at radius 3 is 2.31 bits per heavy atom. The van der Waals surface area contributed by atoms with Crippen molar-refractivity contribution in [1.29, 1.82) is 0 Å². The SMILES string of the molecule is Cc1nc2c(cc1C(=O)N1CCN(S(=O)(=O)c3ccccc3)CC1)c(C)nn2C. The molecule has 0 aliphatic carbocycles. The summed E-state index contributed by atoms with van der Waals surface area (Å²) < 4.78 is 28.7. The van der Waals surface area contributed by atoms with Gasteiger partial charge in [-0.2, -0.15) is 9.40 Å². The Morgan fingerprint density at radius 1 is 1.00 bits per heavy atom. The number of pyridine rings is 1. The fourth-order valence-corrected chi connectivity index (χ4v) is 5.13. The van der Waals surface area contributed by atoms with Crippen molar-refractivity contribution in [3.63, 3.8) is 0 Å². The standard InChI is InChI=1S/C20H23N5O3S/c1-14-18(13-17-15(2)22-23(3)19(17)21-14)20(26)24-9-11-25(12-10-24)29(27,28)16-7-5-4-6-8-16/h4-8,13H,9-12H2,1-3H3. The van der Waals surface area contributed by atoms with E-state index >= 15 is 0 Å². The molecule has 0 spiro atoms. The van der Waals surface area contributed by atoms with E-state index in [4.69, 9.17) is 0 Å². The van der Waals surface area contributed by atoms with Crippen LogP contribution in [0, 0.1) is 13.8 Å². The average molecular weight is 414 g/mol. The lowest BCUT2D eigenvalue weighted by molar-refractivity contribution is 0.0697. The number of amides is 1. The minimum atomic E-state index is -3.54. The van der Waals surface area contributed by atoms with Gasteiger partial charge < -0.3 is 4.90 Å². The highest BCUT2D eigenvalue weighted by Crippen LogP contribution is 2.22. The van der Waals surface area contributed by atoms with Gasteiger partial charge in [0.25, 0.3) is 5.91 Å². The number of piperazine rings is 1. The van der Waals surface area contributed by atoms with Gasteiger partial charge in [0.15, 0.2) is 5.65 Å². The Morgan fingerprint density at radius 2 is 1.66 bits per heavy atom. The van der Waals surface area contributed by atoms with Crippen LogP contribution in [-0.4, -0.2) is 64.5 Å². The van der Waals surface area contributed by atoms with E-state index in [1.165, 1.54) is 4.31 Å². The van der Waals surface area contributed by atoms with Gasteiger partial charge in [-0.1, -0.05) is 18.2 Å². The van der Waals surface area contributed by atoms with E-state index in [2.05, 4.69) is 10.1 Å². The van der Waals surface area contributed by atoms with Crippen molar-refractivity contribution in [1.82, 2.24) is 24.0 Å². The third kappa shape index (κ3) is 3.40. The topological polar surface area (TPSA) is 88.4 Å². The molecule has 1 fully saturated rings. The number of rotatable bonds is 3. The zero-order chi connectivity index (χ0) is 20.8. The Bertz CT molecular complexity index is 1180. The van der Waals surface area contributed by atoms with Crippen molar-refractivity contribution in [2.75, 3.05) is 26.2 Å². The smallest absolute Gasteiger partial charge is 0.255 e. The number of carbonyl (C=O) groups excluding carboxylic acids is 1. The lowest BCUT2D eigenvalue weighted by Gasteiger charge is -2.34. The Labute approximate surface area is 169 Å². The molecule has 1 aromatic carbocycles. The summed E-state index contributed by atoms with van der Waals surface area (Å²) in [5, 5.41) is 5.22. The summed E-state index contributed by atoms with van der Waals surface area (Å²) in [5.74, 6) is -0.128. The molecule has 1 aliphatic rings. The molecule has 1 aliphatic heterocycles. The molecule has 9 heteroatoms. The van der Waals surface area contributed by atoms with Gasteiger partial charge >= 0.3 is 0 Å². The molecular weight excluding hydrogens is 390 g/mol. The first-order valence-corrected chi connectivity index (χ1v) is 10.9. The van der Waals surface area contributed by atoms with E-state index < -0.39 is 10.0 Å². The Kier molecular flexibility index (Phi) is 4.87. The molecule has 0 N–H and O–H groups in total. The van der Waals surface area contributed by atoms with Crippen LogP contribution >= 0.6 is 0 Å². The number of aryl methyl sites for hydroxylation is 3. The van der Waals surface area contributed by atoms with Crippen molar-refractivity contribution in [2.45, 2.75) is 18.7 Å². The van der Waals surface area contributed by atoms with E-state index in [1.807, 2.05) is 27.0 Å². The summed E-state index contributed by atoms with van der Waals surface area (Å²) in [6.07, 6.45) is 0. The minimum Gasteiger partial charge on any atom is -0.336 e. The quantitative estimate of drug-likeness (QED) is 0.653. The maximum Gasteiger partial charge on any atom is 0.255 e. The zero-order valence-electron chi connectivity index (χ0n) is 16.7. The molecule has 0 unspecified atom stereocenters. The fraction of sp³-hybridized carbons (Fsp3) is 0.350. The molecule has 1 saturated heterocycles. The number of nitrogens with zero attached hydrogens (tertiary/aromatic N) is 5. The molecule has 0 atom stereocenters. The van der Waals surface area contributed by atoms with Gasteiger partial charge in [-0.15, -0.1) is 0 Å². The van der Waals surface area contributed by atoms with Gasteiger partial charge in [0.05, 0.1) is 21.8 Å². The van der Waals surface area contributed by atoms with Crippen molar-refractivity contribution in [2.24, 2.45) is 7.05 Å². The fourth-order valence-electron chi connectivity index (χ4n) is 3.69. The highest BCUT2D eigenvalue weighted by molar-refractivity contribution is 7.89. The maximum absolute atomic E-state index is 13.1. The van der Waals surface area contributed by atoms with Crippen LogP contribution in [0.25, 0.3) is 11.0 Å². The predicted molar refractivity (Wildman–Crippen MR) is 109 cm³/mol. The minimum absolute atomic E-state index is 0.128. The second kappa shape index (κ2) is 7.23. The first-order chi connectivity index (χ1) is 13.8. The van der Waals surface area contributed by atoms with Crippen LogP contribution in [0.15, 0.2) is 41.3 Å². The number of hydrogen-bond acceptors (Lipinski definition) is 5. The van der Waals surface area contributed by atoms with Crippen LogP contribution in [0.3, 0.4) is 0 Å². The molecule has 29 heavy (non-hydrogen) atoms. The van der Waals surface area contributed by atoms with Crippen molar-refractivity contribution >= 4 is 27.0 Å². The van der Waals surface area contributed by atoms with Gasteiger partial charge in [0, 0.05) is 38.6 Å². The van der Waals surface area contributed by atoms with Gasteiger partial charge in [-0.05, 0) is 32.0 Å². The molecule has 0 radical (unpaired) electrons. The first kappa shape index (κ1) is 19.5.